The lowest BCUT2D eigenvalue weighted by atomic mass is 9.87. The average Bonchev–Trinajstić information content (AvgIpc) is 3.41. The standard InChI is InChI=1S/C23H25NO3/c25-21(24-13-11-23(12-14-24)16-20(23)22(26)27)15-19(17-7-3-1-4-8-17)18-9-5-2-6-10-18/h1-10,19-20H,11-16H2,(H,26,27). The number of rotatable bonds is 5. The monoisotopic (exact) mass is 363 g/mol. The highest BCUT2D eigenvalue weighted by atomic mass is 16.4. The zero-order valence-corrected chi connectivity index (χ0v) is 15.4. The molecular weight excluding hydrogens is 338 g/mol. The summed E-state index contributed by atoms with van der Waals surface area (Å²) in [6, 6.07) is 20.4. The van der Waals surface area contributed by atoms with Gasteiger partial charge in [-0.1, -0.05) is 60.7 Å². The van der Waals surface area contributed by atoms with Gasteiger partial charge in [0, 0.05) is 25.4 Å². The van der Waals surface area contributed by atoms with E-state index in [2.05, 4.69) is 24.3 Å². The van der Waals surface area contributed by atoms with E-state index >= 15 is 0 Å². The first-order valence-corrected chi connectivity index (χ1v) is 9.69. The summed E-state index contributed by atoms with van der Waals surface area (Å²) in [4.78, 5) is 26.2. The Labute approximate surface area is 159 Å². The molecule has 1 aliphatic heterocycles. The molecular formula is C23H25NO3. The fraction of sp³-hybridized carbons (Fsp3) is 0.391. The van der Waals surface area contributed by atoms with Crippen LogP contribution in [0.5, 0.6) is 0 Å². The van der Waals surface area contributed by atoms with Gasteiger partial charge in [-0.25, -0.2) is 0 Å². The Bertz CT molecular complexity index is 771. The molecule has 0 radical (unpaired) electrons. The molecule has 1 saturated carbocycles. The summed E-state index contributed by atoms with van der Waals surface area (Å²) in [6.07, 6.45) is 2.86. The maximum Gasteiger partial charge on any atom is 0.307 e. The molecule has 1 heterocycles. The van der Waals surface area contributed by atoms with Crippen LogP contribution in [0.1, 0.15) is 42.7 Å². The maximum atomic E-state index is 13.0. The number of amides is 1. The molecule has 1 N–H and O–H groups in total. The summed E-state index contributed by atoms with van der Waals surface area (Å²) in [5.41, 5.74) is 2.26. The van der Waals surface area contributed by atoms with Crippen LogP contribution in [0.2, 0.25) is 0 Å². The van der Waals surface area contributed by atoms with Crippen LogP contribution in [-0.2, 0) is 9.59 Å². The molecule has 1 aliphatic carbocycles. The molecule has 0 aromatic heterocycles. The lowest BCUT2D eigenvalue weighted by molar-refractivity contribution is -0.139. The number of benzene rings is 2. The summed E-state index contributed by atoms with van der Waals surface area (Å²) in [6.45, 7) is 1.36. The first-order chi connectivity index (χ1) is 13.1. The molecule has 27 heavy (non-hydrogen) atoms. The van der Waals surface area contributed by atoms with Gasteiger partial charge in [0.2, 0.25) is 5.91 Å². The van der Waals surface area contributed by atoms with Gasteiger partial charge in [0.15, 0.2) is 0 Å². The number of carboxylic acids is 1. The second kappa shape index (κ2) is 7.18. The van der Waals surface area contributed by atoms with Gasteiger partial charge in [-0.3, -0.25) is 9.59 Å². The number of piperidine rings is 1. The Hall–Kier alpha value is -2.62. The number of carbonyl (C=O) groups excluding carboxylic acids is 1. The van der Waals surface area contributed by atoms with Gasteiger partial charge in [-0.15, -0.1) is 0 Å². The predicted octanol–water partition coefficient (Wildman–Crippen LogP) is 3.92. The Kier molecular flexibility index (Phi) is 4.73. The summed E-state index contributed by atoms with van der Waals surface area (Å²) in [7, 11) is 0. The van der Waals surface area contributed by atoms with E-state index in [9.17, 15) is 14.7 Å². The predicted molar refractivity (Wildman–Crippen MR) is 103 cm³/mol. The van der Waals surface area contributed by atoms with E-state index in [1.165, 1.54) is 0 Å². The van der Waals surface area contributed by atoms with Crippen LogP contribution in [0, 0.1) is 11.3 Å². The van der Waals surface area contributed by atoms with E-state index < -0.39 is 5.97 Å². The number of carboxylic acid groups (broad SMARTS) is 1. The van der Waals surface area contributed by atoms with Crippen molar-refractivity contribution in [3.63, 3.8) is 0 Å². The van der Waals surface area contributed by atoms with Gasteiger partial charge in [0.05, 0.1) is 5.92 Å². The first kappa shape index (κ1) is 17.8. The molecule has 4 rings (SSSR count). The molecule has 2 aromatic rings. The molecule has 1 saturated heterocycles. The number of aliphatic carboxylic acids is 1. The SMILES string of the molecule is O=C(O)C1CC12CCN(C(=O)CC(c1ccccc1)c1ccccc1)CC2. The van der Waals surface area contributed by atoms with Gasteiger partial charge in [-0.05, 0) is 35.8 Å². The van der Waals surface area contributed by atoms with Crippen molar-refractivity contribution in [1.82, 2.24) is 4.90 Å². The van der Waals surface area contributed by atoms with Gasteiger partial charge in [0.25, 0.3) is 0 Å². The zero-order valence-electron chi connectivity index (χ0n) is 15.4. The lowest BCUT2D eigenvalue weighted by Crippen LogP contribution is -2.40. The van der Waals surface area contributed by atoms with Crippen molar-refractivity contribution in [1.29, 1.82) is 0 Å². The molecule has 2 fully saturated rings. The number of carbonyl (C=O) groups is 2. The van der Waals surface area contributed by atoms with Crippen LogP contribution in [0.15, 0.2) is 60.7 Å². The van der Waals surface area contributed by atoms with E-state index in [0.29, 0.717) is 19.5 Å². The van der Waals surface area contributed by atoms with Crippen molar-refractivity contribution in [2.75, 3.05) is 13.1 Å². The van der Waals surface area contributed by atoms with Crippen LogP contribution in [0.25, 0.3) is 0 Å². The van der Waals surface area contributed by atoms with E-state index in [0.717, 1.165) is 30.4 Å². The molecule has 2 aliphatic rings. The van der Waals surface area contributed by atoms with Crippen LogP contribution < -0.4 is 0 Å². The largest absolute Gasteiger partial charge is 0.481 e. The average molecular weight is 363 g/mol. The van der Waals surface area contributed by atoms with E-state index in [4.69, 9.17) is 0 Å². The smallest absolute Gasteiger partial charge is 0.307 e. The molecule has 2 aromatic carbocycles. The number of nitrogens with zero attached hydrogens (tertiary/aromatic N) is 1. The van der Waals surface area contributed by atoms with Crippen LogP contribution in [0.3, 0.4) is 0 Å². The van der Waals surface area contributed by atoms with Crippen LogP contribution in [-0.4, -0.2) is 35.0 Å². The van der Waals surface area contributed by atoms with Gasteiger partial charge in [-0.2, -0.15) is 0 Å². The van der Waals surface area contributed by atoms with Crippen molar-refractivity contribution >= 4 is 11.9 Å². The lowest BCUT2D eigenvalue weighted by Gasteiger charge is -2.33. The Morgan fingerprint density at radius 2 is 1.48 bits per heavy atom. The van der Waals surface area contributed by atoms with Crippen molar-refractivity contribution in [2.24, 2.45) is 11.3 Å². The molecule has 0 bridgehead atoms. The van der Waals surface area contributed by atoms with Crippen molar-refractivity contribution < 1.29 is 14.7 Å². The van der Waals surface area contributed by atoms with Crippen LogP contribution >= 0.6 is 0 Å². The summed E-state index contributed by atoms with van der Waals surface area (Å²) in [5, 5.41) is 9.24. The van der Waals surface area contributed by atoms with Gasteiger partial charge in [0.1, 0.15) is 0 Å². The minimum atomic E-state index is -0.678. The summed E-state index contributed by atoms with van der Waals surface area (Å²) in [5.74, 6) is -0.669. The molecule has 1 atom stereocenters. The zero-order chi connectivity index (χ0) is 18.9. The fourth-order valence-electron chi connectivity index (χ4n) is 4.55. The van der Waals surface area contributed by atoms with E-state index in [-0.39, 0.29) is 23.2 Å². The Balaban J connectivity index is 1.45. The molecule has 4 nitrogen and oxygen atoms in total. The third kappa shape index (κ3) is 3.61. The van der Waals surface area contributed by atoms with Crippen molar-refractivity contribution in [3.8, 4) is 0 Å². The minimum Gasteiger partial charge on any atom is -0.481 e. The highest BCUT2D eigenvalue weighted by Crippen LogP contribution is 2.59. The number of hydrogen-bond acceptors (Lipinski definition) is 2. The quantitative estimate of drug-likeness (QED) is 0.876. The molecule has 140 valence electrons. The Morgan fingerprint density at radius 3 is 1.93 bits per heavy atom. The number of hydrogen-bond donors (Lipinski definition) is 1. The van der Waals surface area contributed by atoms with Crippen molar-refractivity contribution in [2.45, 2.75) is 31.6 Å². The van der Waals surface area contributed by atoms with Gasteiger partial charge < -0.3 is 10.0 Å². The second-order valence-electron chi connectivity index (χ2n) is 7.92. The maximum absolute atomic E-state index is 13.0. The third-order valence-electron chi connectivity index (χ3n) is 6.38. The molecule has 1 amide bonds. The van der Waals surface area contributed by atoms with E-state index in [1.54, 1.807) is 0 Å². The third-order valence-corrected chi connectivity index (χ3v) is 6.38. The highest BCUT2D eigenvalue weighted by Gasteiger charge is 2.59. The van der Waals surface area contributed by atoms with Crippen molar-refractivity contribution in [3.05, 3.63) is 71.8 Å². The fourth-order valence-corrected chi connectivity index (χ4v) is 4.55. The summed E-state index contributed by atoms with van der Waals surface area (Å²) < 4.78 is 0. The van der Waals surface area contributed by atoms with Gasteiger partial charge >= 0.3 is 5.97 Å². The van der Waals surface area contributed by atoms with Crippen LogP contribution in [0.4, 0.5) is 0 Å². The first-order valence-electron chi connectivity index (χ1n) is 9.69. The number of likely N-dealkylation sites (tertiary alicyclic amines) is 1. The molecule has 4 heteroatoms. The summed E-state index contributed by atoms with van der Waals surface area (Å²) >= 11 is 0. The topological polar surface area (TPSA) is 57.6 Å². The second-order valence-corrected chi connectivity index (χ2v) is 7.92. The molecule has 1 spiro atoms. The van der Waals surface area contributed by atoms with E-state index in [1.807, 2.05) is 41.3 Å². The molecule has 1 unspecified atom stereocenters. The normalized spacial score (nSPS) is 20.6. The highest BCUT2D eigenvalue weighted by molar-refractivity contribution is 5.78. The Morgan fingerprint density at radius 1 is 0.963 bits per heavy atom. The minimum absolute atomic E-state index is 0.0408.